The van der Waals surface area contributed by atoms with Gasteiger partial charge in [-0.3, -0.25) is 0 Å². The topological polar surface area (TPSA) is 24.1 Å². The van der Waals surface area contributed by atoms with Crippen molar-refractivity contribution in [2.24, 2.45) is 0 Å². The minimum atomic E-state index is 0.579. The Bertz CT molecular complexity index is 170. The highest BCUT2D eigenvalue weighted by Crippen LogP contribution is 2.18. The second kappa shape index (κ2) is 1.88. The van der Waals surface area contributed by atoms with Gasteiger partial charge in [0.1, 0.15) is 0 Å². The fourth-order valence-electron chi connectivity index (χ4n) is 1.29. The molecule has 0 aromatic heterocycles. The van der Waals surface area contributed by atoms with Crippen LogP contribution in [0.1, 0.15) is 12.8 Å². The summed E-state index contributed by atoms with van der Waals surface area (Å²) in [7, 11) is 0. The molecule has 0 amide bonds. The van der Waals surface area contributed by atoms with Gasteiger partial charge in [-0.15, -0.1) is 0 Å². The highest BCUT2D eigenvalue weighted by molar-refractivity contribution is 5.29. The molecule has 0 bridgehead atoms. The van der Waals surface area contributed by atoms with E-state index in [4.69, 9.17) is 0 Å². The van der Waals surface area contributed by atoms with Crippen molar-refractivity contribution in [2.45, 2.75) is 18.9 Å². The number of hydrazine groups is 1. The molecule has 2 rings (SSSR count). The molecule has 48 valence electrons. The van der Waals surface area contributed by atoms with E-state index in [1.165, 1.54) is 18.4 Å². The van der Waals surface area contributed by atoms with Crippen molar-refractivity contribution in [3.05, 3.63) is 23.9 Å². The molecule has 2 heteroatoms. The summed E-state index contributed by atoms with van der Waals surface area (Å²) in [5.74, 6) is 0. The lowest BCUT2D eigenvalue weighted by Gasteiger charge is -2.13. The van der Waals surface area contributed by atoms with Crippen LogP contribution in [0.15, 0.2) is 23.9 Å². The molecule has 0 saturated carbocycles. The molecule has 1 aliphatic heterocycles. The SMILES string of the molecule is C1=CC2=CNNC2CC1. The Morgan fingerprint density at radius 3 is 3.44 bits per heavy atom. The van der Waals surface area contributed by atoms with E-state index in [2.05, 4.69) is 23.0 Å². The minimum absolute atomic E-state index is 0.579. The van der Waals surface area contributed by atoms with Crippen LogP contribution in [-0.2, 0) is 0 Å². The van der Waals surface area contributed by atoms with Crippen LogP contribution in [0.5, 0.6) is 0 Å². The van der Waals surface area contributed by atoms with E-state index >= 15 is 0 Å². The summed E-state index contributed by atoms with van der Waals surface area (Å²) in [5, 5.41) is 0. The van der Waals surface area contributed by atoms with Gasteiger partial charge in [0, 0.05) is 6.20 Å². The van der Waals surface area contributed by atoms with Crippen LogP contribution < -0.4 is 10.9 Å². The Hall–Kier alpha value is -0.760. The van der Waals surface area contributed by atoms with Crippen molar-refractivity contribution in [1.82, 2.24) is 10.9 Å². The molecule has 2 aliphatic rings. The van der Waals surface area contributed by atoms with E-state index in [1.807, 2.05) is 6.20 Å². The third-order valence-electron chi connectivity index (χ3n) is 1.83. The lowest BCUT2D eigenvalue weighted by Crippen LogP contribution is -2.32. The largest absolute Gasteiger partial charge is 0.328 e. The molecular weight excluding hydrogens is 112 g/mol. The molecule has 1 unspecified atom stereocenters. The average molecular weight is 122 g/mol. The summed E-state index contributed by atoms with van der Waals surface area (Å²) < 4.78 is 0. The normalized spacial score (nSPS) is 31.1. The maximum atomic E-state index is 3.16. The molecule has 2 nitrogen and oxygen atoms in total. The van der Waals surface area contributed by atoms with Gasteiger partial charge in [0.25, 0.3) is 0 Å². The van der Waals surface area contributed by atoms with Gasteiger partial charge in [0.2, 0.25) is 0 Å². The number of hydrogen-bond donors (Lipinski definition) is 2. The Kier molecular flexibility index (Phi) is 1.06. The third-order valence-corrected chi connectivity index (χ3v) is 1.83. The van der Waals surface area contributed by atoms with Crippen LogP contribution in [0.3, 0.4) is 0 Å². The van der Waals surface area contributed by atoms with Crippen LogP contribution in [0, 0.1) is 0 Å². The number of nitrogens with one attached hydrogen (secondary N) is 2. The number of hydrogen-bond acceptors (Lipinski definition) is 2. The fourth-order valence-corrected chi connectivity index (χ4v) is 1.29. The monoisotopic (exact) mass is 122 g/mol. The molecular formula is C7H10N2. The summed E-state index contributed by atoms with van der Waals surface area (Å²) in [5.41, 5.74) is 7.56. The predicted molar refractivity (Wildman–Crippen MR) is 36.5 cm³/mol. The van der Waals surface area contributed by atoms with E-state index < -0.39 is 0 Å². The zero-order chi connectivity index (χ0) is 6.10. The van der Waals surface area contributed by atoms with Gasteiger partial charge in [-0.2, -0.15) is 0 Å². The molecule has 0 saturated heterocycles. The Labute approximate surface area is 54.6 Å². The van der Waals surface area contributed by atoms with Crippen LogP contribution in [0.4, 0.5) is 0 Å². The van der Waals surface area contributed by atoms with Gasteiger partial charge < -0.3 is 5.43 Å². The number of fused-ring (bicyclic) bond motifs is 1. The maximum Gasteiger partial charge on any atom is 0.0527 e. The van der Waals surface area contributed by atoms with E-state index in [1.54, 1.807) is 0 Å². The standard InChI is InChI=1S/C7H10N2/c1-2-4-7-6(3-1)5-8-9-7/h1,3,5,7-9H,2,4H2. The second-order valence-electron chi connectivity index (χ2n) is 2.47. The van der Waals surface area contributed by atoms with Gasteiger partial charge in [-0.05, 0) is 18.4 Å². The Morgan fingerprint density at radius 1 is 1.56 bits per heavy atom. The zero-order valence-corrected chi connectivity index (χ0v) is 5.22. The first-order valence-electron chi connectivity index (χ1n) is 3.34. The van der Waals surface area contributed by atoms with Crippen LogP contribution in [0.2, 0.25) is 0 Å². The van der Waals surface area contributed by atoms with Gasteiger partial charge in [-0.25, -0.2) is 5.43 Å². The summed E-state index contributed by atoms with van der Waals surface area (Å²) in [6, 6.07) is 0.579. The van der Waals surface area contributed by atoms with Gasteiger partial charge in [-0.1, -0.05) is 12.2 Å². The van der Waals surface area contributed by atoms with E-state index in [0.717, 1.165) is 0 Å². The van der Waals surface area contributed by atoms with Crippen LogP contribution in [-0.4, -0.2) is 6.04 Å². The summed E-state index contributed by atoms with van der Waals surface area (Å²) >= 11 is 0. The quantitative estimate of drug-likeness (QED) is 0.494. The van der Waals surface area contributed by atoms with Gasteiger partial charge in [0.05, 0.1) is 6.04 Å². The molecule has 0 fully saturated rings. The summed E-state index contributed by atoms with van der Waals surface area (Å²) in [6.45, 7) is 0. The summed E-state index contributed by atoms with van der Waals surface area (Å²) in [4.78, 5) is 0. The molecule has 1 aliphatic carbocycles. The first-order chi connectivity index (χ1) is 4.47. The highest BCUT2D eigenvalue weighted by atomic mass is 15.4. The third kappa shape index (κ3) is 0.754. The van der Waals surface area contributed by atoms with E-state index in [9.17, 15) is 0 Å². The molecule has 1 heterocycles. The van der Waals surface area contributed by atoms with Crippen molar-refractivity contribution in [1.29, 1.82) is 0 Å². The molecule has 0 radical (unpaired) electrons. The maximum absolute atomic E-state index is 3.16. The van der Waals surface area contributed by atoms with Crippen molar-refractivity contribution >= 4 is 0 Å². The number of allylic oxidation sites excluding steroid dienone is 1. The van der Waals surface area contributed by atoms with Crippen molar-refractivity contribution in [3.63, 3.8) is 0 Å². The fraction of sp³-hybridized carbons (Fsp3) is 0.429. The Balaban J connectivity index is 2.24. The van der Waals surface area contributed by atoms with E-state index in [-0.39, 0.29) is 0 Å². The molecule has 2 N–H and O–H groups in total. The molecule has 0 aromatic carbocycles. The van der Waals surface area contributed by atoms with Crippen LogP contribution >= 0.6 is 0 Å². The smallest absolute Gasteiger partial charge is 0.0527 e. The molecule has 9 heavy (non-hydrogen) atoms. The zero-order valence-electron chi connectivity index (χ0n) is 5.22. The van der Waals surface area contributed by atoms with Crippen molar-refractivity contribution in [2.75, 3.05) is 0 Å². The first-order valence-corrected chi connectivity index (χ1v) is 3.34. The molecule has 0 spiro atoms. The summed E-state index contributed by atoms with van der Waals surface area (Å²) in [6.07, 6.45) is 8.87. The first kappa shape index (κ1) is 5.06. The molecule has 0 aromatic rings. The van der Waals surface area contributed by atoms with Gasteiger partial charge in [0.15, 0.2) is 0 Å². The average Bonchev–Trinajstić information content (AvgIpc) is 2.33. The minimum Gasteiger partial charge on any atom is -0.328 e. The predicted octanol–water partition coefficient (Wildman–Crippen LogP) is 0.697. The van der Waals surface area contributed by atoms with E-state index in [0.29, 0.717) is 6.04 Å². The van der Waals surface area contributed by atoms with Crippen molar-refractivity contribution < 1.29 is 0 Å². The van der Waals surface area contributed by atoms with Crippen LogP contribution in [0.25, 0.3) is 0 Å². The van der Waals surface area contributed by atoms with Crippen molar-refractivity contribution in [3.8, 4) is 0 Å². The lowest BCUT2D eigenvalue weighted by molar-refractivity contribution is 0.540. The highest BCUT2D eigenvalue weighted by Gasteiger charge is 2.17. The lowest BCUT2D eigenvalue weighted by atomic mass is 9.99. The second-order valence-corrected chi connectivity index (χ2v) is 2.47. The van der Waals surface area contributed by atoms with Gasteiger partial charge >= 0.3 is 0 Å². The Morgan fingerprint density at radius 2 is 2.56 bits per heavy atom. The molecule has 1 atom stereocenters. The number of rotatable bonds is 0.